The van der Waals surface area contributed by atoms with Gasteiger partial charge in [0.05, 0.1) is 0 Å². The average Bonchev–Trinajstić information content (AvgIpc) is 3.81. The molecular weight excluding hydrogens is 757 g/mol. The van der Waals surface area contributed by atoms with Crippen LogP contribution in [-0.2, 0) is 34.2 Å². The molecule has 6 aromatic rings. The molecular formula is C34H24Al2N6OPt. The molecule has 0 bridgehead atoms. The monoisotopic (exact) mass is 781 g/mol. The average molecular weight is 782 g/mol. The molecule has 7 nitrogen and oxygen atoms in total. The number of aromatic nitrogens is 4. The minimum Gasteiger partial charge on any atom is -0.497 e. The summed E-state index contributed by atoms with van der Waals surface area (Å²) in [6, 6.07) is 29.0. The molecule has 44 heavy (non-hydrogen) atoms. The molecule has 0 saturated heterocycles. The van der Waals surface area contributed by atoms with E-state index in [1.165, 1.54) is 42.5 Å². The van der Waals surface area contributed by atoms with Crippen molar-refractivity contribution >= 4 is 49.4 Å². The molecule has 4 aromatic carbocycles. The Morgan fingerprint density at radius 3 is 1.61 bits per heavy atom. The van der Waals surface area contributed by atoms with Crippen molar-refractivity contribution < 1.29 is 25.8 Å². The Morgan fingerprint density at radius 1 is 0.659 bits per heavy atom. The van der Waals surface area contributed by atoms with Gasteiger partial charge in [0.15, 0.2) is 0 Å². The maximum atomic E-state index is 6.48. The fourth-order valence-corrected chi connectivity index (χ4v) is 14.6. The van der Waals surface area contributed by atoms with Crippen molar-refractivity contribution in [2.75, 3.05) is 7.77 Å². The Morgan fingerprint density at radius 2 is 1.14 bits per heavy atom. The van der Waals surface area contributed by atoms with E-state index >= 15 is 0 Å². The topological polar surface area (TPSA) is 51.4 Å². The summed E-state index contributed by atoms with van der Waals surface area (Å²) in [5.74, 6) is 3.27. The minimum absolute atomic E-state index is 0. The van der Waals surface area contributed by atoms with Gasteiger partial charge in [-0.15, -0.1) is 12.1 Å². The van der Waals surface area contributed by atoms with E-state index in [1.54, 1.807) is 0 Å². The van der Waals surface area contributed by atoms with Gasteiger partial charge in [0.2, 0.25) is 0 Å². The summed E-state index contributed by atoms with van der Waals surface area (Å²) in [4.78, 5) is 9.61. The van der Waals surface area contributed by atoms with Gasteiger partial charge in [-0.3, -0.25) is 9.97 Å². The Hall–Kier alpha value is -3.55. The van der Waals surface area contributed by atoms with Gasteiger partial charge in [0.25, 0.3) is 0 Å². The fraction of sp³-hybridized carbons (Fsp3) is 0.118. The van der Waals surface area contributed by atoms with Crippen molar-refractivity contribution in [1.29, 1.82) is 0 Å². The van der Waals surface area contributed by atoms with Crippen LogP contribution in [0.3, 0.4) is 0 Å². The zero-order chi connectivity index (χ0) is 28.4. The number of fused-ring (bicyclic) bond motifs is 16. The van der Waals surface area contributed by atoms with E-state index in [-0.39, 0.29) is 21.1 Å². The molecule has 4 aliphatic heterocycles. The normalized spacial score (nSPS) is 14.5. The molecule has 0 unspecified atom stereocenters. The summed E-state index contributed by atoms with van der Waals surface area (Å²) in [5, 5.41) is 0. The van der Waals surface area contributed by atoms with Gasteiger partial charge >= 0.3 is 50.2 Å². The number of nitrogens with zero attached hydrogens (tertiary/aromatic N) is 6. The third kappa shape index (κ3) is 3.60. The van der Waals surface area contributed by atoms with E-state index in [1.807, 2.05) is 24.5 Å². The predicted octanol–water partition coefficient (Wildman–Crippen LogP) is 4.57. The molecule has 212 valence electrons. The summed E-state index contributed by atoms with van der Waals surface area (Å²) < 4.78 is 19.5. The summed E-state index contributed by atoms with van der Waals surface area (Å²) in [6.45, 7) is 6.31. The van der Waals surface area contributed by atoms with Gasteiger partial charge in [-0.25, -0.2) is 0 Å². The maximum absolute atomic E-state index is 6.48. The Labute approximate surface area is 279 Å². The molecule has 0 spiro atoms. The molecule has 0 atom stereocenters. The van der Waals surface area contributed by atoms with Gasteiger partial charge in [0, 0.05) is 48.6 Å². The van der Waals surface area contributed by atoms with Crippen LogP contribution in [0.15, 0.2) is 85.5 Å². The second-order valence-corrected chi connectivity index (χ2v) is 16.9. The number of hydrogen-bond donors (Lipinski definition) is 0. The van der Waals surface area contributed by atoms with E-state index in [4.69, 9.17) is 14.7 Å². The smallest absolute Gasteiger partial charge is 0.497 e. The fourth-order valence-electron chi connectivity index (χ4n) is 7.76. The predicted molar refractivity (Wildman–Crippen MR) is 169 cm³/mol. The van der Waals surface area contributed by atoms with Crippen LogP contribution < -0.4 is 21.4 Å². The number of anilines is 2. The van der Waals surface area contributed by atoms with E-state index in [0.29, 0.717) is 11.5 Å². The molecule has 2 aromatic heterocycles. The van der Waals surface area contributed by atoms with Crippen LogP contribution in [0.4, 0.5) is 11.4 Å². The van der Waals surface area contributed by atoms with Crippen molar-refractivity contribution in [2.45, 2.75) is 26.9 Å². The first-order valence-corrected chi connectivity index (χ1v) is 17.9. The van der Waals surface area contributed by atoms with Gasteiger partial charge in [0.1, 0.15) is 0 Å². The first kappa shape index (κ1) is 26.8. The molecule has 0 fully saturated rings. The van der Waals surface area contributed by atoms with E-state index < -0.39 is 29.2 Å². The second-order valence-electron chi connectivity index (χ2n) is 11.9. The number of hydrogen-bond acceptors (Lipinski definition) is 5. The van der Waals surface area contributed by atoms with Crippen LogP contribution in [0.2, 0.25) is 0 Å². The van der Waals surface area contributed by atoms with Crippen molar-refractivity contribution in [3.8, 4) is 34.3 Å². The number of aryl methyl sites for hydroxylation is 2. The van der Waals surface area contributed by atoms with Gasteiger partial charge in [-0.2, -0.15) is 0 Å². The third-order valence-electron chi connectivity index (χ3n) is 9.56. The van der Waals surface area contributed by atoms with Gasteiger partial charge in [-0.1, -0.05) is 103 Å². The van der Waals surface area contributed by atoms with Crippen LogP contribution in [0.25, 0.3) is 22.8 Å². The molecule has 10 heteroatoms. The van der Waals surface area contributed by atoms with Gasteiger partial charge < -0.3 is 19.6 Å². The molecule has 0 N–H and O–H groups in total. The Kier molecular flexibility index (Phi) is 5.93. The third-order valence-corrected chi connectivity index (χ3v) is 16.2. The minimum atomic E-state index is -1.66. The Bertz CT molecular complexity index is 2010. The largest absolute Gasteiger partial charge is 2.00 e. The summed E-state index contributed by atoms with van der Waals surface area (Å²) >= 11 is -3.32. The second kappa shape index (κ2) is 9.72. The molecule has 10 rings (SSSR count). The molecule has 0 aliphatic carbocycles. The van der Waals surface area contributed by atoms with E-state index in [0.717, 1.165) is 35.9 Å². The van der Waals surface area contributed by atoms with E-state index in [9.17, 15) is 0 Å². The number of benzene rings is 4. The summed E-state index contributed by atoms with van der Waals surface area (Å²) in [5.41, 5.74) is 9.95. The molecule has 0 radical (unpaired) electrons. The number of ether oxygens (including phenoxy) is 1. The maximum Gasteiger partial charge on any atom is 2.00 e. The SMILES string of the molecule is Cc1cccc2[c]1[Al]1[N](C2)c2ccc(Oc3[c-]c4c(cc3)[N]3Cc5cccc(C)[c]5[Al]3[n]3ccnc3-4)[c-]c2-c2ncc[n]21.[Pt+2]. The zero-order valence-electron chi connectivity index (χ0n) is 24.1. The van der Waals surface area contributed by atoms with Crippen LogP contribution >= 0.6 is 0 Å². The van der Waals surface area contributed by atoms with Crippen LogP contribution in [0.1, 0.15) is 22.3 Å². The Balaban J connectivity index is 0.00000270. The van der Waals surface area contributed by atoms with Crippen molar-refractivity contribution in [3.05, 3.63) is 120 Å². The van der Waals surface area contributed by atoms with Crippen LogP contribution in [0, 0.1) is 26.0 Å². The zero-order valence-corrected chi connectivity index (χ0v) is 28.6. The number of imidazole rings is 2. The van der Waals surface area contributed by atoms with Crippen molar-refractivity contribution in [1.82, 2.24) is 17.1 Å². The first-order chi connectivity index (χ1) is 21.1. The molecule has 0 saturated carbocycles. The first-order valence-electron chi connectivity index (χ1n) is 14.7. The summed E-state index contributed by atoms with van der Waals surface area (Å²) in [7, 11) is 0. The van der Waals surface area contributed by atoms with E-state index in [2.05, 4.69) is 102 Å². The molecule has 4 aliphatic rings. The van der Waals surface area contributed by atoms with Crippen molar-refractivity contribution in [3.63, 3.8) is 0 Å². The molecule has 0 amide bonds. The quantitative estimate of drug-likeness (QED) is 0.191. The van der Waals surface area contributed by atoms with Crippen molar-refractivity contribution in [2.24, 2.45) is 0 Å². The molecule has 6 heterocycles. The summed E-state index contributed by atoms with van der Waals surface area (Å²) in [6.07, 6.45) is 8.11. The van der Waals surface area contributed by atoms with Gasteiger partial charge in [-0.05, 0) is 37.4 Å². The van der Waals surface area contributed by atoms with Crippen LogP contribution in [0.5, 0.6) is 11.5 Å². The van der Waals surface area contributed by atoms with Crippen LogP contribution in [-0.4, -0.2) is 46.2 Å². The number of rotatable bonds is 2. The standard InChI is InChI=1S/C34H24N6O.2Al.Pt/c1-23-5-3-7-25(17-23)21-39-31-11-9-27(19-29(31)33-35-13-14-36-33)41-28-10-12-32(30(20-28)34-37-15-16-38-34)40-22-26-8-4-6-24(2)18-26;;;/h3-16H,21-22H2,1-2H3;;;/q-6;3*+2.